The number of aliphatic hydroxyl groups is 1. The predicted octanol–water partition coefficient (Wildman–Crippen LogP) is 3.60. The van der Waals surface area contributed by atoms with Crippen molar-refractivity contribution in [2.45, 2.75) is 12.6 Å². The van der Waals surface area contributed by atoms with E-state index in [4.69, 9.17) is 23.2 Å². The van der Waals surface area contributed by atoms with Crippen molar-refractivity contribution >= 4 is 39.1 Å². The number of aromatic nitrogens is 2. The molecule has 0 saturated heterocycles. The van der Waals surface area contributed by atoms with E-state index in [1.54, 1.807) is 29.1 Å². The van der Waals surface area contributed by atoms with E-state index in [2.05, 4.69) is 21.0 Å². The molecule has 0 bridgehead atoms. The number of halogens is 3. The molecule has 0 spiro atoms. The van der Waals surface area contributed by atoms with Crippen molar-refractivity contribution < 1.29 is 5.11 Å². The average molecular weight is 393 g/mol. The third kappa shape index (κ3) is 3.99. The summed E-state index contributed by atoms with van der Waals surface area (Å²) in [5, 5.41) is 15.8. The molecule has 0 amide bonds. The van der Waals surface area contributed by atoms with Gasteiger partial charge in [0.25, 0.3) is 0 Å². The summed E-state index contributed by atoms with van der Waals surface area (Å²) in [5.74, 6) is 0. The topological polar surface area (TPSA) is 41.3 Å². The van der Waals surface area contributed by atoms with Crippen molar-refractivity contribution in [2.75, 3.05) is 20.6 Å². The highest BCUT2D eigenvalue weighted by atomic mass is 79.9. The predicted molar refractivity (Wildman–Crippen MR) is 89.0 cm³/mol. The van der Waals surface area contributed by atoms with Crippen molar-refractivity contribution in [3.05, 3.63) is 50.2 Å². The van der Waals surface area contributed by atoms with Crippen LogP contribution in [0.1, 0.15) is 17.4 Å². The van der Waals surface area contributed by atoms with Gasteiger partial charge in [0.15, 0.2) is 0 Å². The minimum Gasteiger partial charge on any atom is -0.382 e. The number of hydrogen-bond acceptors (Lipinski definition) is 3. The van der Waals surface area contributed by atoms with E-state index in [1.807, 2.05) is 19.0 Å². The molecule has 1 unspecified atom stereocenters. The maximum Gasteiger partial charge on any atom is 0.122 e. The summed E-state index contributed by atoms with van der Waals surface area (Å²) in [5.41, 5.74) is 1.26. The Labute approximate surface area is 142 Å². The lowest BCUT2D eigenvalue weighted by molar-refractivity contribution is 0.205. The number of likely N-dealkylation sites (N-methyl/N-ethyl adjacent to an activating group) is 1. The fourth-order valence-corrected chi connectivity index (χ4v) is 2.64. The highest BCUT2D eigenvalue weighted by Gasteiger charge is 2.20. The van der Waals surface area contributed by atoms with Gasteiger partial charge in [-0.05, 0) is 47.7 Å². The molecular formula is C14H16BrCl2N3O. The van der Waals surface area contributed by atoms with Crippen molar-refractivity contribution in [1.29, 1.82) is 0 Å². The molecule has 0 fully saturated rings. The summed E-state index contributed by atoms with van der Waals surface area (Å²) < 4.78 is 2.51. The monoisotopic (exact) mass is 391 g/mol. The molecule has 1 heterocycles. The Hall–Kier alpha value is -0.590. The Morgan fingerprint density at radius 1 is 1.33 bits per heavy atom. The second-order valence-electron chi connectivity index (χ2n) is 4.98. The molecule has 7 heteroatoms. The molecule has 1 aromatic carbocycles. The Kier molecular flexibility index (Phi) is 5.68. The van der Waals surface area contributed by atoms with Crippen LogP contribution in [0.3, 0.4) is 0 Å². The van der Waals surface area contributed by atoms with Crippen LogP contribution in [-0.2, 0) is 6.54 Å². The van der Waals surface area contributed by atoms with E-state index in [0.717, 1.165) is 11.0 Å². The van der Waals surface area contributed by atoms with Crippen LogP contribution < -0.4 is 0 Å². The van der Waals surface area contributed by atoms with Crippen molar-refractivity contribution in [1.82, 2.24) is 14.7 Å². The number of benzene rings is 1. The molecule has 0 radical (unpaired) electrons. The first kappa shape index (κ1) is 16.8. The summed E-state index contributed by atoms with van der Waals surface area (Å²) in [6.07, 6.45) is 0.684. The molecule has 1 aromatic heterocycles. The molecule has 2 aromatic rings. The molecule has 114 valence electrons. The van der Waals surface area contributed by atoms with Gasteiger partial charge in [-0.15, -0.1) is 0 Å². The fraction of sp³-hybridized carbons (Fsp3) is 0.357. The second kappa shape index (κ2) is 7.11. The van der Waals surface area contributed by atoms with Gasteiger partial charge < -0.3 is 10.0 Å². The van der Waals surface area contributed by atoms with E-state index < -0.39 is 6.10 Å². The largest absolute Gasteiger partial charge is 0.382 e. The van der Waals surface area contributed by atoms with Crippen LogP contribution in [0.5, 0.6) is 0 Å². The summed E-state index contributed by atoms with van der Waals surface area (Å²) in [6, 6.07) is 5.32. The summed E-state index contributed by atoms with van der Waals surface area (Å²) in [7, 11) is 3.96. The first-order chi connectivity index (χ1) is 9.90. The zero-order valence-electron chi connectivity index (χ0n) is 11.7. The zero-order valence-corrected chi connectivity index (χ0v) is 14.8. The number of nitrogens with zero attached hydrogens (tertiary/aromatic N) is 3. The lowest BCUT2D eigenvalue weighted by atomic mass is 10.1. The molecule has 0 saturated carbocycles. The maximum atomic E-state index is 10.6. The van der Waals surface area contributed by atoms with Crippen molar-refractivity contribution in [3.63, 3.8) is 0 Å². The van der Waals surface area contributed by atoms with E-state index >= 15 is 0 Å². The van der Waals surface area contributed by atoms with Crippen LogP contribution in [0.25, 0.3) is 0 Å². The lowest BCUT2D eigenvalue weighted by Gasteiger charge is -2.16. The van der Waals surface area contributed by atoms with Gasteiger partial charge in [0.1, 0.15) is 6.10 Å². The van der Waals surface area contributed by atoms with Gasteiger partial charge >= 0.3 is 0 Å². The molecule has 21 heavy (non-hydrogen) atoms. The Balaban J connectivity index is 2.31. The lowest BCUT2D eigenvalue weighted by Crippen LogP contribution is -2.21. The minimum absolute atomic E-state index is 0.445. The molecule has 0 aliphatic rings. The minimum atomic E-state index is -0.868. The molecule has 1 N–H and O–H groups in total. The van der Waals surface area contributed by atoms with Gasteiger partial charge in [0, 0.05) is 11.0 Å². The molecule has 4 nitrogen and oxygen atoms in total. The third-order valence-corrected chi connectivity index (χ3v) is 4.63. The van der Waals surface area contributed by atoms with Crippen LogP contribution in [0, 0.1) is 0 Å². The van der Waals surface area contributed by atoms with E-state index in [1.165, 1.54) is 0 Å². The van der Waals surface area contributed by atoms with Crippen LogP contribution in [0.2, 0.25) is 10.0 Å². The van der Waals surface area contributed by atoms with E-state index in [0.29, 0.717) is 27.8 Å². The average Bonchev–Trinajstić information content (AvgIpc) is 2.80. The van der Waals surface area contributed by atoms with Gasteiger partial charge in [-0.3, -0.25) is 4.68 Å². The number of aliphatic hydroxyl groups excluding tert-OH is 1. The Morgan fingerprint density at radius 2 is 2.05 bits per heavy atom. The Bertz CT molecular complexity index is 631. The molecule has 0 aliphatic carbocycles. The van der Waals surface area contributed by atoms with Crippen LogP contribution >= 0.6 is 39.1 Å². The highest BCUT2D eigenvalue weighted by molar-refractivity contribution is 9.10. The van der Waals surface area contributed by atoms with Crippen LogP contribution in [-0.4, -0.2) is 40.4 Å². The second-order valence-corrected chi connectivity index (χ2v) is 6.65. The first-order valence-electron chi connectivity index (χ1n) is 6.39. The van der Waals surface area contributed by atoms with Crippen molar-refractivity contribution in [3.8, 4) is 0 Å². The van der Waals surface area contributed by atoms with Crippen LogP contribution in [0.15, 0.2) is 28.9 Å². The normalized spacial score (nSPS) is 12.9. The summed E-state index contributed by atoms with van der Waals surface area (Å²) >= 11 is 15.6. The van der Waals surface area contributed by atoms with Gasteiger partial charge in [-0.25, -0.2) is 0 Å². The quantitative estimate of drug-likeness (QED) is 0.845. The van der Waals surface area contributed by atoms with Gasteiger partial charge in [-0.2, -0.15) is 5.10 Å². The van der Waals surface area contributed by atoms with Gasteiger partial charge in [0.2, 0.25) is 0 Å². The zero-order chi connectivity index (χ0) is 15.6. The highest BCUT2D eigenvalue weighted by Crippen LogP contribution is 2.32. The van der Waals surface area contributed by atoms with Crippen molar-refractivity contribution in [2.24, 2.45) is 0 Å². The number of hydrogen-bond donors (Lipinski definition) is 1. The SMILES string of the molecule is CN(C)CCn1ncc(Cl)c1C(O)c1ccc(Br)c(Cl)c1. The van der Waals surface area contributed by atoms with Gasteiger partial charge in [0.05, 0.1) is 28.5 Å². The third-order valence-electron chi connectivity index (χ3n) is 3.11. The standard InChI is InChI=1S/C14H16BrCl2N3O/c1-19(2)5-6-20-13(12(17)8-18-20)14(21)9-3-4-10(15)11(16)7-9/h3-4,7-8,14,21H,5-6H2,1-2H3. The molecule has 1 atom stereocenters. The molecular weight excluding hydrogens is 377 g/mol. The first-order valence-corrected chi connectivity index (χ1v) is 7.94. The van der Waals surface area contributed by atoms with E-state index in [9.17, 15) is 5.11 Å². The summed E-state index contributed by atoms with van der Waals surface area (Å²) in [6.45, 7) is 1.45. The van der Waals surface area contributed by atoms with Gasteiger partial charge in [-0.1, -0.05) is 29.3 Å². The smallest absolute Gasteiger partial charge is 0.122 e. The molecule has 2 rings (SSSR count). The fourth-order valence-electron chi connectivity index (χ4n) is 1.96. The van der Waals surface area contributed by atoms with E-state index in [-0.39, 0.29) is 0 Å². The number of rotatable bonds is 5. The molecule has 0 aliphatic heterocycles. The maximum absolute atomic E-state index is 10.6. The summed E-state index contributed by atoms with van der Waals surface area (Å²) in [4.78, 5) is 2.04. The Morgan fingerprint density at radius 3 is 2.67 bits per heavy atom. The van der Waals surface area contributed by atoms with Crippen LogP contribution in [0.4, 0.5) is 0 Å².